The first-order valence-corrected chi connectivity index (χ1v) is 8.22. The summed E-state index contributed by atoms with van der Waals surface area (Å²) in [6, 6.07) is 11.1. The molecule has 0 aliphatic heterocycles. The summed E-state index contributed by atoms with van der Waals surface area (Å²) in [5.74, 6) is 0.860. The largest absolute Gasteiger partial charge is 0.337 e. The number of benzene rings is 1. The first-order chi connectivity index (χ1) is 11.1. The lowest BCUT2D eigenvalue weighted by Crippen LogP contribution is -2.27. The smallest absolute Gasteiger partial charge is 0.246 e. The van der Waals surface area contributed by atoms with Gasteiger partial charge in [-0.05, 0) is 23.6 Å². The molecule has 0 saturated heterocycles. The van der Waals surface area contributed by atoms with Gasteiger partial charge in [-0.3, -0.25) is 4.79 Å². The second kappa shape index (κ2) is 6.93. The van der Waals surface area contributed by atoms with E-state index in [1.165, 1.54) is 0 Å². The molecular weight excluding hydrogens is 334 g/mol. The molecular formula is C16H14ClN3O2S. The molecule has 0 saturated carbocycles. The van der Waals surface area contributed by atoms with Gasteiger partial charge in [0.15, 0.2) is 0 Å². The fourth-order valence-corrected chi connectivity index (χ4v) is 2.94. The predicted octanol–water partition coefficient (Wildman–Crippen LogP) is 3.65. The second-order valence-electron chi connectivity index (χ2n) is 5.03. The molecule has 3 rings (SSSR count). The van der Waals surface area contributed by atoms with E-state index in [-0.39, 0.29) is 12.5 Å². The van der Waals surface area contributed by atoms with Crippen molar-refractivity contribution in [1.82, 2.24) is 15.0 Å². The van der Waals surface area contributed by atoms with Crippen LogP contribution in [0.1, 0.15) is 10.8 Å². The summed E-state index contributed by atoms with van der Waals surface area (Å²) < 4.78 is 5.22. The van der Waals surface area contributed by atoms with Crippen LogP contribution in [-0.2, 0) is 17.8 Å². The molecule has 118 valence electrons. The maximum absolute atomic E-state index is 12.2. The lowest BCUT2D eigenvalue weighted by molar-refractivity contribution is -0.129. The van der Waals surface area contributed by atoms with Crippen molar-refractivity contribution in [3.63, 3.8) is 0 Å². The normalized spacial score (nSPS) is 10.7. The molecule has 2 aromatic heterocycles. The standard InChI is InChI=1S/C16H14ClN3O2S/c1-20(15(21)9-13-6-3-7-23-13)10-14-18-16(19-22-14)11-4-2-5-12(17)8-11/h2-8H,9-10H2,1H3. The monoisotopic (exact) mass is 347 g/mol. The zero-order valence-corrected chi connectivity index (χ0v) is 14.0. The Hall–Kier alpha value is -2.18. The Bertz CT molecular complexity index is 801. The number of amides is 1. The molecule has 0 aliphatic carbocycles. The summed E-state index contributed by atoms with van der Waals surface area (Å²) in [7, 11) is 1.72. The van der Waals surface area contributed by atoms with Gasteiger partial charge in [0.1, 0.15) is 0 Å². The fourth-order valence-electron chi connectivity index (χ4n) is 2.05. The van der Waals surface area contributed by atoms with E-state index in [2.05, 4.69) is 10.1 Å². The minimum atomic E-state index is 0.00922. The number of likely N-dealkylation sites (N-methyl/N-ethyl adjacent to an activating group) is 1. The highest BCUT2D eigenvalue weighted by Crippen LogP contribution is 2.20. The van der Waals surface area contributed by atoms with Gasteiger partial charge in [-0.1, -0.05) is 35.0 Å². The number of thiophene rings is 1. The van der Waals surface area contributed by atoms with E-state index in [4.69, 9.17) is 16.1 Å². The van der Waals surface area contributed by atoms with Gasteiger partial charge in [0.25, 0.3) is 0 Å². The molecule has 23 heavy (non-hydrogen) atoms. The number of rotatable bonds is 5. The molecule has 1 amide bonds. The van der Waals surface area contributed by atoms with Crippen LogP contribution in [0.15, 0.2) is 46.3 Å². The van der Waals surface area contributed by atoms with Crippen LogP contribution in [-0.4, -0.2) is 28.0 Å². The van der Waals surface area contributed by atoms with Crippen LogP contribution in [0.2, 0.25) is 5.02 Å². The molecule has 0 unspecified atom stereocenters. The highest BCUT2D eigenvalue weighted by molar-refractivity contribution is 7.10. The second-order valence-corrected chi connectivity index (χ2v) is 6.50. The van der Waals surface area contributed by atoms with Crippen LogP contribution < -0.4 is 0 Å². The van der Waals surface area contributed by atoms with E-state index >= 15 is 0 Å². The summed E-state index contributed by atoms with van der Waals surface area (Å²) in [4.78, 5) is 19.1. The van der Waals surface area contributed by atoms with Crippen LogP contribution in [0.4, 0.5) is 0 Å². The van der Waals surface area contributed by atoms with Crippen LogP contribution in [0.5, 0.6) is 0 Å². The van der Waals surface area contributed by atoms with E-state index in [9.17, 15) is 4.79 Å². The van der Waals surface area contributed by atoms with E-state index < -0.39 is 0 Å². The Morgan fingerprint density at radius 2 is 2.22 bits per heavy atom. The maximum atomic E-state index is 12.2. The van der Waals surface area contributed by atoms with Gasteiger partial charge >= 0.3 is 0 Å². The molecule has 2 heterocycles. The summed E-state index contributed by atoms with van der Waals surface area (Å²) in [5, 5.41) is 6.50. The fraction of sp³-hybridized carbons (Fsp3) is 0.188. The third-order valence-electron chi connectivity index (χ3n) is 3.25. The average molecular weight is 348 g/mol. The SMILES string of the molecule is CN(Cc1nc(-c2cccc(Cl)c2)no1)C(=O)Cc1cccs1. The Kier molecular flexibility index (Phi) is 4.73. The number of carbonyl (C=O) groups is 1. The molecule has 0 bridgehead atoms. The van der Waals surface area contributed by atoms with Gasteiger partial charge in [-0.15, -0.1) is 11.3 Å². The highest BCUT2D eigenvalue weighted by atomic mass is 35.5. The van der Waals surface area contributed by atoms with Crippen molar-refractivity contribution in [2.75, 3.05) is 7.05 Å². The van der Waals surface area contributed by atoms with Crippen molar-refractivity contribution in [2.24, 2.45) is 0 Å². The molecule has 0 N–H and O–H groups in total. The number of nitrogens with zero attached hydrogens (tertiary/aromatic N) is 3. The summed E-state index contributed by atoms with van der Waals surface area (Å²) in [6.07, 6.45) is 0.378. The van der Waals surface area contributed by atoms with Crippen LogP contribution in [0.25, 0.3) is 11.4 Å². The van der Waals surface area contributed by atoms with Gasteiger partial charge < -0.3 is 9.42 Å². The highest BCUT2D eigenvalue weighted by Gasteiger charge is 2.15. The molecule has 0 atom stereocenters. The molecule has 0 fully saturated rings. The zero-order valence-electron chi connectivity index (χ0n) is 12.4. The van der Waals surface area contributed by atoms with Gasteiger partial charge in [-0.25, -0.2) is 0 Å². The van der Waals surface area contributed by atoms with Crippen molar-refractivity contribution >= 4 is 28.8 Å². The van der Waals surface area contributed by atoms with Crippen molar-refractivity contribution in [2.45, 2.75) is 13.0 Å². The molecule has 0 aliphatic rings. The summed E-state index contributed by atoms with van der Waals surface area (Å²) in [6.45, 7) is 0.276. The Labute approximate surface area is 142 Å². The van der Waals surface area contributed by atoms with Gasteiger partial charge in [0, 0.05) is 22.5 Å². The minimum absolute atomic E-state index is 0.00922. The summed E-state index contributed by atoms with van der Waals surface area (Å²) >= 11 is 7.52. The number of aromatic nitrogens is 2. The molecule has 5 nitrogen and oxygen atoms in total. The van der Waals surface area contributed by atoms with E-state index in [0.717, 1.165) is 10.4 Å². The Morgan fingerprint density at radius 3 is 2.96 bits per heavy atom. The van der Waals surface area contributed by atoms with Crippen molar-refractivity contribution in [1.29, 1.82) is 0 Å². The third kappa shape index (κ3) is 3.97. The van der Waals surface area contributed by atoms with Crippen molar-refractivity contribution in [3.8, 4) is 11.4 Å². The lowest BCUT2D eigenvalue weighted by atomic mass is 10.2. The zero-order chi connectivity index (χ0) is 16.2. The van der Waals surface area contributed by atoms with Gasteiger partial charge in [0.2, 0.25) is 17.6 Å². The number of carbonyl (C=O) groups excluding carboxylic acids is 1. The molecule has 3 aromatic rings. The Balaban J connectivity index is 1.65. The number of hydrogen-bond acceptors (Lipinski definition) is 5. The number of halogens is 1. The lowest BCUT2D eigenvalue weighted by Gasteiger charge is -2.13. The van der Waals surface area contributed by atoms with Gasteiger partial charge in [0.05, 0.1) is 13.0 Å². The minimum Gasteiger partial charge on any atom is -0.337 e. The summed E-state index contributed by atoms with van der Waals surface area (Å²) in [5.41, 5.74) is 0.778. The molecule has 1 aromatic carbocycles. The molecule has 0 radical (unpaired) electrons. The Morgan fingerprint density at radius 1 is 1.35 bits per heavy atom. The van der Waals surface area contributed by atoms with Crippen LogP contribution in [0.3, 0.4) is 0 Å². The topological polar surface area (TPSA) is 59.2 Å². The van der Waals surface area contributed by atoms with Crippen LogP contribution in [0, 0.1) is 0 Å². The predicted molar refractivity (Wildman–Crippen MR) is 89.2 cm³/mol. The molecule has 0 spiro atoms. The van der Waals surface area contributed by atoms with E-state index in [1.54, 1.807) is 35.4 Å². The maximum Gasteiger partial charge on any atom is 0.246 e. The quantitative estimate of drug-likeness (QED) is 0.706. The molecule has 7 heteroatoms. The van der Waals surface area contributed by atoms with Crippen molar-refractivity contribution in [3.05, 3.63) is 57.6 Å². The van der Waals surface area contributed by atoms with Gasteiger partial charge in [-0.2, -0.15) is 4.98 Å². The van der Waals surface area contributed by atoms with E-state index in [1.807, 2.05) is 29.6 Å². The van der Waals surface area contributed by atoms with Crippen molar-refractivity contribution < 1.29 is 9.32 Å². The van der Waals surface area contributed by atoms with Crippen LogP contribution >= 0.6 is 22.9 Å². The van der Waals surface area contributed by atoms with E-state index in [0.29, 0.717) is 23.2 Å². The first-order valence-electron chi connectivity index (χ1n) is 6.96. The number of hydrogen-bond donors (Lipinski definition) is 0. The third-order valence-corrected chi connectivity index (χ3v) is 4.37. The average Bonchev–Trinajstić information content (AvgIpc) is 3.19. The first kappa shape index (κ1) is 15.7.